The molecule has 1 aromatic rings. The lowest BCUT2D eigenvalue weighted by molar-refractivity contribution is -0.0611. The zero-order chi connectivity index (χ0) is 10.7. The van der Waals surface area contributed by atoms with Crippen molar-refractivity contribution in [1.29, 1.82) is 0 Å². The maximum absolute atomic E-state index is 9.98. The molecule has 2 unspecified atom stereocenters. The lowest BCUT2D eigenvalue weighted by Crippen LogP contribution is -2.33. The monoisotopic (exact) mass is 227 g/mol. The second-order valence-corrected chi connectivity index (χ2v) is 5.00. The van der Waals surface area contributed by atoms with E-state index in [-0.39, 0.29) is 6.10 Å². The van der Waals surface area contributed by atoms with Crippen LogP contribution in [0, 0.1) is 6.92 Å². The Balaban J connectivity index is 1.88. The third kappa shape index (κ3) is 3.00. The summed E-state index contributed by atoms with van der Waals surface area (Å²) in [4.78, 5) is 4.35. The molecule has 1 aliphatic heterocycles. The van der Waals surface area contributed by atoms with Crippen LogP contribution in [-0.2, 0) is 11.2 Å². The van der Waals surface area contributed by atoms with E-state index in [1.807, 2.05) is 12.3 Å². The minimum atomic E-state index is -0.393. The minimum absolute atomic E-state index is 0.0166. The van der Waals surface area contributed by atoms with E-state index in [1.54, 1.807) is 11.3 Å². The first-order valence-corrected chi connectivity index (χ1v) is 6.34. The number of thiazole rings is 1. The fourth-order valence-corrected chi connectivity index (χ4v) is 2.70. The van der Waals surface area contributed by atoms with E-state index < -0.39 is 6.10 Å². The number of aliphatic hydroxyl groups excluding tert-OH is 1. The van der Waals surface area contributed by atoms with E-state index in [9.17, 15) is 5.11 Å². The van der Waals surface area contributed by atoms with Crippen LogP contribution in [0.2, 0.25) is 0 Å². The van der Waals surface area contributed by atoms with Crippen molar-refractivity contribution >= 4 is 11.3 Å². The van der Waals surface area contributed by atoms with E-state index in [1.165, 1.54) is 6.42 Å². The summed E-state index contributed by atoms with van der Waals surface area (Å²) in [6, 6.07) is 0. The lowest BCUT2D eigenvalue weighted by Gasteiger charge is -2.26. The third-order valence-electron chi connectivity index (χ3n) is 2.69. The Hall–Kier alpha value is -0.450. The molecule has 1 fully saturated rings. The van der Waals surface area contributed by atoms with Gasteiger partial charge in [-0.15, -0.1) is 11.3 Å². The average Bonchev–Trinajstić information content (AvgIpc) is 2.65. The van der Waals surface area contributed by atoms with Gasteiger partial charge in [0.2, 0.25) is 0 Å². The van der Waals surface area contributed by atoms with E-state index >= 15 is 0 Å². The quantitative estimate of drug-likeness (QED) is 0.858. The van der Waals surface area contributed by atoms with E-state index in [4.69, 9.17) is 4.74 Å². The van der Waals surface area contributed by atoms with Crippen LogP contribution in [0.1, 0.15) is 30.0 Å². The van der Waals surface area contributed by atoms with Crippen molar-refractivity contribution in [3.05, 3.63) is 16.1 Å². The normalized spacial score (nSPS) is 24.0. The highest BCUT2D eigenvalue weighted by molar-refractivity contribution is 7.09. The van der Waals surface area contributed by atoms with Gasteiger partial charge in [-0.2, -0.15) is 0 Å². The number of hydrogen-bond acceptors (Lipinski definition) is 4. The molecule has 1 aromatic heterocycles. The fraction of sp³-hybridized carbons (Fsp3) is 0.727. The van der Waals surface area contributed by atoms with Crippen LogP contribution in [0.15, 0.2) is 5.38 Å². The smallest absolute Gasteiger partial charge is 0.0954 e. The zero-order valence-corrected chi connectivity index (χ0v) is 9.80. The molecule has 0 amide bonds. The molecule has 0 aromatic carbocycles. The largest absolute Gasteiger partial charge is 0.390 e. The topological polar surface area (TPSA) is 42.4 Å². The molecule has 2 atom stereocenters. The second kappa shape index (κ2) is 5.05. The van der Waals surface area contributed by atoms with Crippen LogP contribution in [0.4, 0.5) is 0 Å². The predicted molar refractivity (Wildman–Crippen MR) is 60.2 cm³/mol. The van der Waals surface area contributed by atoms with Gasteiger partial charge in [0, 0.05) is 24.1 Å². The zero-order valence-electron chi connectivity index (χ0n) is 8.98. The molecule has 0 saturated carbocycles. The van der Waals surface area contributed by atoms with Gasteiger partial charge in [-0.25, -0.2) is 4.98 Å². The second-order valence-electron chi connectivity index (χ2n) is 4.06. The molecule has 2 heterocycles. The van der Waals surface area contributed by atoms with Gasteiger partial charge in [-0.05, 0) is 26.2 Å². The molecule has 2 rings (SSSR count). The molecule has 3 nitrogen and oxygen atoms in total. The Labute approximate surface area is 94.1 Å². The van der Waals surface area contributed by atoms with Gasteiger partial charge < -0.3 is 9.84 Å². The maximum atomic E-state index is 9.98. The number of rotatable bonds is 3. The highest BCUT2D eigenvalue weighted by atomic mass is 32.1. The Morgan fingerprint density at radius 1 is 1.67 bits per heavy atom. The molecule has 0 aliphatic carbocycles. The average molecular weight is 227 g/mol. The molecule has 4 heteroatoms. The number of ether oxygens (including phenoxy) is 1. The molecule has 0 radical (unpaired) electrons. The van der Waals surface area contributed by atoms with Crippen molar-refractivity contribution in [3.63, 3.8) is 0 Å². The van der Waals surface area contributed by atoms with Crippen molar-refractivity contribution in [1.82, 2.24) is 4.98 Å². The Kier molecular flexibility index (Phi) is 3.72. The van der Waals surface area contributed by atoms with E-state index in [0.29, 0.717) is 6.42 Å². The molecule has 1 N–H and O–H groups in total. The van der Waals surface area contributed by atoms with Crippen LogP contribution in [0.3, 0.4) is 0 Å². The number of hydrogen-bond donors (Lipinski definition) is 1. The summed E-state index contributed by atoms with van der Waals surface area (Å²) in [7, 11) is 0. The molecule has 1 saturated heterocycles. The van der Waals surface area contributed by atoms with Crippen molar-refractivity contribution in [3.8, 4) is 0 Å². The highest BCUT2D eigenvalue weighted by Crippen LogP contribution is 2.19. The van der Waals surface area contributed by atoms with Gasteiger partial charge in [0.05, 0.1) is 17.2 Å². The first-order valence-electron chi connectivity index (χ1n) is 5.46. The SMILES string of the molecule is Cc1csc(CC(O)C2CCCCO2)n1. The third-order valence-corrected chi connectivity index (χ3v) is 3.68. The van der Waals surface area contributed by atoms with E-state index in [0.717, 1.165) is 30.2 Å². The minimum Gasteiger partial charge on any atom is -0.390 e. The van der Waals surface area contributed by atoms with Gasteiger partial charge in [0.25, 0.3) is 0 Å². The standard InChI is InChI=1S/C11H17NO2S/c1-8-7-15-11(12-8)6-9(13)10-4-2-3-5-14-10/h7,9-10,13H,2-6H2,1H3. The van der Waals surface area contributed by atoms with Crippen LogP contribution in [0.25, 0.3) is 0 Å². The van der Waals surface area contributed by atoms with Crippen molar-refractivity contribution in [2.24, 2.45) is 0 Å². The Bertz CT molecular complexity index is 307. The summed E-state index contributed by atoms with van der Waals surface area (Å²) in [6.45, 7) is 2.77. The molecular formula is C11H17NO2S. The highest BCUT2D eigenvalue weighted by Gasteiger charge is 2.23. The van der Waals surface area contributed by atoms with Crippen molar-refractivity contribution in [2.45, 2.75) is 44.8 Å². The number of aliphatic hydroxyl groups is 1. The Morgan fingerprint density at radius 2 is 2.53 bits per heavy atom. The van der Waals surface area contributed by atoms with Crippen LogP contribution >= 0.6 is 11.3 Å². The van der Waals surface area contributed by atoms with Crippen molar-refractivity contribution < 1.29 is 9.84 Å². The first-order chi connectivity index (χ1) is 7.25. The molecule has 0 bridgehead atoms. The fourth-order valence-electron chi connectivity index (χ4n) is 1.88. The molecule has 1 aliphatic rings. The summed E-state index contributed by atoms with van der Waals surface area (Å²) in [6.07, 6.45) is 3.52. The molecule has 0 spiro atoms. The first kappa shape index (κ1) is 11.0. The number of aryl methyl sites for hydroxylation is 1. The predicted octanol–water partition coefficient (Wildman–Crippen LogP) is 1.92. The van der Waals surface area contributed by atoms with Gasteiger partial charge in [-0.3, -0.25) is 0 Å². The summed E-state index contributed by atoms with van der Waals surface area (Å²) < 4.78 is 5.55. The summed E-state index contributed by atoms with van der Waals surface area (Å²) >= 11 is 1.62. The lowest BCUT2D eigenvalue weighted by atomic mass is 10.0. The van der Waals surface area contributed by atoms with Gasteiger partial charge in [0.15, 0.2) is 0 Å². The molecular weight excluding hydrogens is 210 g/mol. The number of aromatic nitrogens is 1. The van der Waals surface area contributed by atoms with Crippen molar-refractivity contribution in [2.75, 3.05) is 6.61 Å². The van der Waals surface area contributed by atoms with Gasteiger partial charge in [-0.1, -0.05) is 0 Å². The van der Waals surface area contributed by atoms with Crippen LogP contribution in [-0.4, -0.2) is 28.9 Å². The van der Waals surface area contributed by atoms with Crippen LogP contribution in [0.5, 0.6) is 0 Å². The van der Waals surface area contributed by atoms with Gasteiger partial charge in [0.1, 0.15) is 0 Å². The summed E-state index contributed by atoms with van der Waals surface area (Å²) in [5, 5.41) is 13.0. The number of nitrogens with zero attached hydrogens (tertiary/aromatic N) is 1. The molecule has 84 valence electrons. The molecule has 15 heavy (non-hydrogen) atoms. The summed E-state index contributed by atoms with van der Waals surface area (Å²) in [5.41, 5.74) is 1.03. The summed E-state index contributed by atoms with van der Waals surface area (Å²) in [5.74, 6) is 0. The van der Waals surface area contributed by atoms with Crippen LogP contribution < -0.4 is 0 Å². The van der Waals surface area contributed by atoms with Gasteiger partial charge >= 0.3 is 0 Å². The maximum Gasteiger partial charge on any atom is 0.0954 e. The van der Waals surface area contributed by atoms with E-state index in [2.05, 4.69) is 4.98 Å². The Morgan fingerprint density at radius 3 is 3.13 bits per heavy atom.